The molecule has 3 heteroatoms. The van der Waals surface area contributed by atoms with Crippen LogP contribution in [0.5, 0.6) is 0 Å². The fraction of sp³-hybridized carbons (Fsp3) is 0.526. The van der Waals surface area contributed by atoms with Gasteiger partial charge in [0.25, 0.3) is 0 Å². The van der Waals surface area contributed by atoms with Gasteiger partial charge in [-0.1, -0.05) is 61.4 Å². The normalized spacial score (nSPS) is 16.4. The topological polar surface area (TPSA) is 35.5 Å². The minimum absolute atomic E-state index is 0.176. The SMILES string of the molecule is COC(=O)C1(C#CCCOCc2ccccc2)CCCCC1. The van der Waals surface area contributed by atoms with Gasteiger partial charge in [-0.05, 0) is 18.4 Å². The van der Waals surface area contributed by atoms with Gasteiger partial charge in [0.2, 0.25) is 0 Å². The molecular formula is C19H24O3. The molecule has 2 rings (SSSR count). The van der Waals surface area contributed by atoms with Crippen molar-refractivity contribution in [3.63, 3.8) is 0 Å². The third-order valence-electron chi connectivity index (χ3n) is 4.09. The van der Waals surface area contributed by atoms with Crippen LogP contribution in [0.3, 0.4) is 0 Å². The molecule has 0 saturated heterocycles. The van der Waals surface area contributed by atoms with Crippen molar-refractivity contribution >= 4 is 5.97 Å². The molecular weight excluding hydrogens is 276 g/mol. The summed E-state index contributed by atoms with van der Waals surface area (Å²) in [4.78, 5) is 12.0. The first-order chi connectivity index (χ1) is 10.8. The van der Waals surface area contributed by atoms with E-state index in [0.717, 1.165) is 31.2 Å². The van der Waals surface area contributed by atoms with Crippen LogP contribution in [0.15, 0.2) is 30.3 Å². The highest BCUT2D eigenvalue weighted by Crippen LogP contribution is 2.36. The Bertz CT molecular complexity index is 519. The minimum atomic E-state index is -0.577. The first kappa shape index (κ1) is 16.6. The van der Waals surface area contributed by atoms with Crippen LogP contribution in [0.2, 0.25) is 0 Å². The molecule has 3 nitrogen and oxygen atoms in total. The number of carbonyl (C=O) groups excluding carboxylic acids is 1. The second-order valence-electron chi connectivity index (χ2n) is 5.72. The largest absolute Gasteiger partial charge is 0.468 e. The van der Waals surface area contributed by atoms with Crippen molar-refractivity contribution in [1.82, 2.24) is 0 Å². The average Bonchev–Trinajstić information content (AvgIpc) is 2.59. The second kappa shape index (κ2) is 8.60. The molecule has 0 atom stereocenters. The van der Waals surface area contributed by atoms with Crippen LogP contribution in [0, 0.1) is 17.3 Å². The Kier molecular flexibility index (Phi) is 6.48. The van der Waals surface area contributed by atoms with E-state index >= 15 is 0 Å². The van der Waals surface area contributed by atoms with Crippen LogP contribution < -0.4 is 0 Å². The lowest BCUT2D eigenvalue weighted by Gasteiger charge is -2.29. The lowest BCUT2D eigenvalue weighted by molar-refractivity contribution is -0.150. The lowest BCUT2D eigenvalue weighted by atomic mass is 9.74. The van der Waals surface area contributed by atoms with E-state index in [4.69, 9.17) is 9.47 Å². The Balaban J connectivity index is 1.79. The third-order valence-corrected chi connectivity index (χ3v) is 4.09. The molecule has 0 unspecified atom stereocenters. The molecule has 0 aliphatic heterocycles. The minimum Gasteiger partial charge on any atom is -0.468 e. The van der Waals surface area contributed by atoms with Crippen molar-refractivity contribution in [2.75, 3.05) is 13.7 Å². The Hall–Kier alpha value is -1.79. The van der Waals surface area contributed by atoms with Gasteiger partial charge in [0.05, 0.1) is 20.3 Å². The van der Waals surface area contributed by atoms with Crippen molar-refractivity contribution in [1.29, 1.82) is 0 Å². The van der Waals surface area contributed by atoms with E-state index in [9.17, 15) is 4.79 Å². The maximum absolute atomic E-state index is 12.0. The van der Waals surface area contributed by atoms with Crippen molar-refractivity contribution in [2.45, 2.75) is 45.1 Å². The average molecular weight is 300 g/mol. The predicted molar refractivity (Wildman–Crippen MR) is 86.0 cm³/mol. The van der Waals surface area contributed by atoms with Crippen LogP contribution in [-0.2, 0) is 20.9 Å². The maximum atomic E-state index is 12.0. The smallest absolute Gasteiger partial charge is 0.323 e. The quantitative estimate of drug-likeness (QED) is 0.472. The fourth-order valence-electron chi connectivity index (χ4n) is 2.85. The Morgan fingerprint density at radius 3 is 2.59 bits per heavy atom. The van der Waals surface area contributed by atoms with Gasteiger partial charge in [-0.2, -0.15) is 0 Å². The number of rotatable bonds is 5. The molecule has 0 amide bonds. The molecule has 0 bridgehead atoms. The zero-order valence-electron chi connectivity index (χ0n) is 13.3. The Morgan fingerprint density at radius 1 is 1.18 bits per heavy atom. The van der Waals surface area contributed by atoms with E-state index in [0.29, 0.717) is 19.6 Å². The fourth-order valence-corrected chi connectivity index (χ4v) is 2.85. The van der Waals surface area contributed by atoms with E-state index in [1.54, 1.807) is 0 Å². The maximum Gasteiger partial charge on any atom is 0.323 e. The molecule has 118 valence electrons. The highest BCUT2D eigenvalue weighted by molar-refractivity contribution is 5.80. The summed E-state index contributed by atoms with van der Waals surface area (Å²) in [7, 11) is 1.45. The first-order valence-electron chi connectivity index (χ1n) is 7.97. The highest BCUT2D eigenvalue weighted by Gasteiger charge is 2.38. The van der Waals surface area contributed by atoms with Crippen molar-refractivity contribution in [2.24, 2.45) is 5.41 Å². The van der Waals surface area contributed by atoms with Crippen molar-refractivity contribution in [3.05, 3.63) is 35.9 Å². The number of ether oxygens (including phenoxy) is 2. The van der Waals surface area contributed by atoms with Crippen LogP contribution in [0.4, 0.5) is 0 Å². The van der Waals surface area contributed by atoms with Gasteiger partial charge in [0.1, 0.15) is 5.41 Å². The summed E-state index contributed by atoms with van der Waals surface area (Å²) in [5.41, 5.74) is 0.584. The molecule has 1 aliphatic rings. The second-order valence-corrected chi connectivity index (χ2v) is 5.72. The van der Waals surface area contributed by atoms with Gasteiger partial charge in [0.15, 0.2) is 0 Å². The number of carbonyl (C=O) groups is 1. The monoisotopic (exact) mass is 300 g/mol. The first-order valence-corrected chi connectivity index (χ1v) is 7.97. The summed E-state index contributed by atoms with van der Waals surface area (Å²) < 4.78 is 10.6. The van der Waals surface area contributed by atoms with Crippen molar-refractivity contribution < 1.29 is 14.3 Å². The van der Waals surface area contributed by atoms with Gasteiger partial charge in [0, 0.05) is 6.42 Å². The van der Waals surface area contributed by atoms with Crippen LogP contribution in [0.1, 0.15) is 44.1 Å². The number of hydrogen-bond acceptors (Lipinski definition) is 3. The van der Waals surface area contributed by atoms with Gasteiger partial charge >= 0.3 is 5.97 Å². The molecule has 1 aromatic rings. The molecule has 1 aliphatic carbocycles. The van der Waals surface area contributed by atoms with Gasteiger partial charge in [-0.3, -0.25) is 4.79 Å². The molecule has 1 aromatic carbocycles. The summed E-state index contributed by atoms with van der Waals surface area (Å²) in [5.74, 6) is 6.13. The van der Waals surface area contributed by atoms with Gasteiger partial charge in [-0.25, -0.2) is 0 Å². The molecule has 0 N–H and O–H groups in total. The highest BCUT2D eigenvalue weighted by atomic mass is 16.5. The van der Waals surface area contributed by atoms with E-state index in [-0.39, 0.29) is 5.97 Å². The van der Waals surface area contributed by atoms with E-state index in [2.05, 4.69) is 11.8 Å². The van der Waals surface area contributed by atoms with E-state index < -0.39 is 5.41 Å². The van der Waals surface area contributed by atoms with E-state index in [1.807, 2.05) is 30.3 Å². The summed E-state index contributed by atoms with van der Waals surface area (Å²) in [6.07, 6.45) is 5.56. The Labute approximate surface area is 133 Å². The summed E-state index contributed by atoms with van der Waals surface area (Å²) in [6, 6.07) is 10.1. The molecule has 0 heterocycles. The Morgan fingerprint density at radius 2 is 1.91 bits per heavy atom. The van der Waals surface area contributed by atoms with Crippen LogP contribution >= 0.6 is 0 Å². The van der Waals surface area contributed by atoms with Gasteiger partial charge in [-0.15, -0.1) is 0 Å². The summed E-state index contributed by atoms with van der Waals surface area (Å²) >= 11 is 0. The number of benzene rings is 1. The molecule has 22 heavy (non-hydrogen) atoms. The number of methoxy groups -OCH3 is 1. The lowest BCUT2D eigenvalue weighted by Crippen LogP contribution is -2.33. The predicted octanol–water partition coefficient (Wildman–Crippen LogP) is 3.72. The van der Waals surface area contributed by atoms with Gasteiger partial charge < -0.3 is 9.47 Å². The van der Waals surface area contributed by atoms with Crippen molar-refractivity contribution in [3.8, 4) is 11.8 Å². The number of esters is 1. The number of hydrogen-bond donors (Lipinski definition) is 0. The van der Waals surface area contributed by atoms with Crippen LogP contribution in [0.25, 0.3) is 0 Å². The molecule has 0 radical (unpaired) electrons. The molecule has 0 aromatic heterocycles. The third kappa shape index (κ3) is 4.61. The molecule has 1 fully saturated rings. The summed E-state index contributed by atoms with van der Waals surface area (Å²) in [5, 5.41) is 0. The molecule has 1 saturated carbocycles. The zero-order chi connectivity index (χ0) is 15.7. The zero-order valence-corrected chi connectivity index (χ0v) is 13.3. The summed E-state index contributed by atoms with van der Waals surface area (Å²) in [6.45, 7) is 1.18. The van der Waals surface area contributed by atoms with Crippen LogP contribution in [-0.4, -0.2) is 19.7 Å². The van der Waals surface area contributed by atoms with E-state index in [1.165, 1.54) is 13.5 Å². The molecule has 0 spiro atoms. The standard InChI is InChI=1S/C19H24O3/c1-21-18(20)19(12-6-3-7-13-19)14-8-9-15-22-16-17-10-4-2-5-11-17/h2,4-5,10-11H,3,6-7,9,12-13,15-16H2,1H3.